The zero-order chi connectivity index (χ0) is 10.6. The summed E-state index contributed by atoms with van der Waals surface area (Å²) in [6.45, 7) is 3.76. The van der Waals surface area contributed by atoms with Gasteiger partial charge in [0.05, 0.1) is 13.2 Å². The van der Waals surface area contributed by atoms with Crippen molar-refractivity contribution in [3.05, 3.63) is 0 Å². The summed E-state index contributed by atoms with van der Waals surface area (Å²) in [7, 11) is -3.37. The average Bonchev–Trinajstić information content (AvgIpc) is 2.18. The number of nitrogens with one attached hydrogen (secondary N) is 1. The van der Waals surface area contributed by atoms with Crippen LogP contribution in [-0.2, 0) is 14.9 Å². The van der Waals surface area contributed by atoms with Crippen LogP contribution in [-0.4, -0.2) is 51.6 Å². The van der Waals surface area contributed by atoms with Crippen LogP contribution in [0.1, 0.15) is 6.92 Å². The second kappa shape index (κ2) is 5.04. The zero-order valence-electron chi connectivity index (χ0n) is 8.27. The summed E-state index contributed by atoms with van der Waals surface area (Å²) in [5.41, 5.74) is 5.34. The molecule has 1 fully saturated rings. The highest BCUT2D eigenvalue weighted by atomic mass is 32.2. The molecule has 0 aromatic rings. The van der Waals surface area contributed by atoms with Gasteiger partial charge in [0.15, 0.2) is 0 Å². The summed E-state index contributed by atoms with van der Waals surface area (Å²) < 4.78 is 32.3. The van der Waals surface area contributed by atoms with Crippen molar-refractivity contribution < 1.29 is 13.2 Å². The van der Waals surface area contributed by atoms with Gasteiger partial charge < -0.3 is 10.5 Å². The Kier molecular flexibility index (Phi) is 4.27. The van der Waals surface area contributed by atoms with Gasteiger partial charge in [-0.1, -0.05) is 0 Å². The first kappa shape index (κ1) is 11.9. The van der Waals surface area contributed by atoms with Crippen molar-refractivity contribution in [2.75, 3.05) is 32.8 Å². The van der Waals surface area contributed by atoms with Gasteiger partial charge in [-0.25, -0.2) is 0 Å². The fourth-order valence-electron chi connectivity index (χ4n) is 1.16. The number of nitrogens with two attached hydrogens (primary N) is 1. The van der Waals surface area contributed by atoms with Crippen molar-refractivity contribution >= 4 is 10.2 Å². The van der Waals surface area contributed by atoms with E-state index in [9.17, 15) is 8.42 Å². The Labute approximate surface area is 84.6 Å². The van der Waals surface area contributed by atoms with Gasteiger partial charge in [-0.2, -0.15) is 17.4 Å². The lowest BCUT2D eigenvalue weighted by molar-refractivity contribution is 0.0723. The van der Waals surface area contributed by atoms with Crippen LogP contribution >= 0.6 is 0 Å². The van der Waals surface area contributed by atoms with E-state index in [4.69, 9.17) is 10.5 Å². The molecule has 14 heavy (non-hydrogen) atoms. The monoisotopic (exact) mass is 223 g/mol. The molecule has 0 unspecified atom stereocenters. The van der Waals surface area contributed by atoms with Crippen LogP contribution < -0.4 is 10.5 Å². The van der Waals surface area contributed by atoms with Crippen LogP contribution in [0.15, 0.2) is 0 Å². The minimum atomic E-state index is -3.37. The van der Waals surface area contributed by atoms with Crippen molar-refractivity contribution in [2.24, 2.45) is 5.73 Å². The lowest BCUT2D eigenvalue weighted by Crippen LogP contribution is -2.50. The first-order valence-electron chi connectivity index (χ1n) is 4.61. The van der Waals surface area contributed by atoms with Crippen LogP contribution in [0.4, 0.5) is 0 Å². The molecule has 0 aromatic carbocycles. The molecular weight excluding hydrogens is 206 g/mol. The summed E-state index contributed by atoms with van der Waals surface area (Å²) in [6, 6.07) is -0.233. The highest BCUT2D eigenvalue weighted by Gasteiger charge is 2.24. The summed E-state index contributed by atoms with van der Waals surface area (Å²) >= 11 is 0. The second-order valence-corrected chi connectivity index (χ2v) is 4.97. The Morgan fingerprint density at radius 3 is 2.57 bits per heavy atom. The number of rotatable bonds is 4. The number of nitrogens with zero attached hydrogens (tertiary/aromatic N) is 1. The maximum Gasteiger partial charge on any atom is 0.279 e. The van der Waals surface area contributed by atoms with Gasteiger partial charge in [0.2, 0.25) is 0 Å². The smallest absolute Gasteiger partial charge is 0.279 e. The summed E-state index contributed by atoms with van der Waals surface area (Å²) in [6.07, 6.45) is 0. The molecule has 1 aliphatic rings. The predicted octanol–water partition coefficient (Wildman–Crippen LogP) is -1.50. The van der Waals surface area contributed by atoms with Crippen LogP contribution in [0.25, 0.3) is 0 Å². The molecule has 0 bridgehead atoms. The van der Waals surface area contributed by atoms with Gasteiger partial charge >= 0.3 is 0 Å². The first-order chi connectivity index (χ1) is 6.56. The van der Waals surface area contributed by atoms with Crippen molar-refractivity contribution in [3.8, 4) is 0 Å². The molecule has 1 saturated heterocycles. The van der Waals surface area contributed by atoms with Gasteiger partial charge in [0.1, 0.15) is 0 Å². The minimum absolute atomic E-state index is 0.233. The van der Waals surface area contributed by atoms with E-state index >= 15 is 0 Å². The van der Waals surface area contributed by atoms with Gasteiger partial charge in [-0.15, -0.1) is 0 Å². The molecule has 0 spiro atoms. The highest BCUT2D eigenvalue weighted by molar-refractivity contribution is 7.87. The maximum atomic E-state index is 11.7. The predicted molar refractivity (Wildman–Crippen MR) is 53.0 cm³/mol. The Bertz CT molecular complexity index is 261. The molecule has 0 saturated carbocycles. The second-order valence-electron chi connectivity index (χ2n) is 3.27. The summed E-state index contributed by atoms with van der Waals surface area (Å²) in [4.78, 5) is 0. The largest absolute Gasteiger partial charge is 0.379 e. The maximum absolute atomic E-state index is 11.7. The van der Waals surface area contributed by atoms with Crippen LogP contribution in [0.2, 0.25) is 0 Å². The molecule has 84 valence electrons. The van der Waals surface area contributed by atoms with E-state index in [0.717, 1.165) is 0 Å². The summed E-state index contributed by atoms with van der Waals surface area (Å²) in [5, 5.41) is 0. The molecule has 1 aliphatic heterocycles. The van der Waals surface area contributed by atoms with Crippen molar-refractivity contribution in [1.29, 1.82) is 0 Å². The van der Waals surface area contributed by atoms with Gasteiger partial charge in [-0.05, 0) is 6.92 Å². The van der Waals surface area contributed by atoms with Gasteiger partial charge in [-0.3, -0.25) is 0 Å². The normalized spacial score (nSPS) is 22.1. The average molecular weight is 223 g/mol. The van der Waals surface area contributed by atoms with Crippen molar-refractivity contribution in [2.45, 2.75) is 13.0 Å². The Hall–Kier alpha value is -0.210. The van der Waals surface area contributed by atoms with E-state index < -0.39 is 10.2 Å². The lowest BCUT2D eigenvalue weighted by atomic mass is 10.4. The highest BCUT2D eigenvalue weighted by Crippen LogP contribution is 2.03. The number of morpholine rings is 1. The van der Waals surface area contributed by atoms with E-state index in [-0.39, 0.29) is 6.04 Å². The molecule has 1 heterocycles. The Balaban J connectivity index is 2.54. The van der Waals surface area contributed by atoms with Crippen LogP contribution in [0.3, 0.4) is 0 Å². The zero-order valence-corrected chi connectivity index (χ0v) is 9.09. The van der Waals surface area contributed by atoms with Crippen LogP contribution in [0, 0.1) is 0 Å². The third-order valence-corrected chi connectivity index (χ3v) is 3.76. The third kappa shape index (κ3) is 3.18. The quantitative estimate of drug-likeness (QED) is 0.607. The fourth-order valence-corrected chi connectivity index (χ4v) is 2.55. The van der Waals surface area contributed by atoms with Gasteiger partial charge in [0.25, 0.3) is 10.2 Å². The van der Waals surface area contributed by atoms with E-state index in [1.54, 1.807) is 6.92 Å². The Morgan fingerprint density at radius 1 is 1.50 bits per heavy atom. The molecule has 0 aliphatic carbocycles. The molecule has 0 aromatic heterocycles. The van der Waals surface area contributed by atoms with E-state index in [0.29, 0.717) is 32.8 Å². The van der Waals surface area contributed by atoms with Gasteiger partial charge in [0, 0.05) is 25.7 Å². The van der Waals surface area contributed by atoms with E-state index in [1.165, 1.54) is 4.31 Å². The number of hydrogen-bond acceptors (Lipinski definition) is 4. The van der Waals surface area contributed by atoms with Crippen LogP contribution in [0.5, 0.6) is 0 Å². The minimum Gasteiger partial charge on any atom is -0.379 e. The summed E-state index contributed by atoms with van der Waals surface area (Å²) in [5.74, 6) is 0. The Morgan fingerprint density at radius 2 is 2.07 bits per heavy atom. The molecule has 7 heteroatoms. The SMILES string of the molecule is C[C@@H](CN)NS(=O)(=O)N1CCOCC1. The number of ether oxygens (including phenoxy) is 1. The van der Waals surface area contributed by atoms with Crippen molar-refractivity contribution in [1.82, 2.24) is 9.03 Å². The first-order valence-corrected chi connectivity index (χ1v) is 6.05. The number of hydrogen-bond donors (Lipinski definition) is 2. The molecule has 0 radical (unpaired) electrons. The molecule has 0 amide bonds. The molecule has 1 atom stereocenters. The fraction of sp³-hybridized carbons (Fsp3) is 1.00. The van der Waals surface area contributed by atoms with E-state index in [1.807, 2.05) is 0 Å². The van der Waals surface area contributed by atoms with Crippen molar-refractivity contribution in [3.63, 3.8) is 0 Å². The lowest BCUT2D eigenvalue weighted by Gasteiger charge is -2.27. The molecular formula is C7H17N3O3S. The van der Waals surface area contributed by atoms with E-state index in [2.05, 4.69) is 4.72 Å². The molecule has 1 rings (SSSR count). The molecule has 3 N–H and O–H groups in total. The third-order valence-electron chi connectivity index (χ3n) is 2.01. The molecule has 6 nitrogen and oxygen atoms in total. The topological polar surface area (TPSA) is 84.7 Å². The standard InChI is InChI=1S/C7H17N3O3S/c1-7(6-8)9-14(11,12)10-2-4-13-5-3-10/h7,9H,2-6,8H2,1H3/t7-/m0/s1.